The highest BCUT2D eigenvalue weighted by molar-refractivity contribution is 7.89. The Morgan fingerprint density at radius 2 is 2.14 bits per heavy atom. The van der Waals surface area contributed by atoms with Gasteiger partial charge in [0.2, 0.25) is 10.0 Å². The van der Waals surface area contributed by atoms with Gasteiger partial charge in [0, 0.05) is 11.6 Å². The summed E-state index contributed by atoms with van der Waals surface area (Å²) in [5, 5.41) is 9.14. The van der Waals surface area contributed by atoms with Gasteiger partial charge in [-0.2, -0.15) is 0 Å². The third-order valence-corrected chi connectivity index (χ3v) is 5.20. The van der Waals surface area contributed by atoms with E-state index in [0.29, 0.717) is 18.4 Å². The molecule has 0 aliphatic heterocycles. The Labute approximate surface area is 128 Å². The first-order valence-electron chi connectivity index (χ1n) is 6.36. The van der Waals surface area contributed by atoms with Crippen LogP contribution >= 0.6 is 11.6 Å². The molecule has 0 heterocycles. The third-order valence-electron chi connectivity index (χ3n) is 3.56. The summed E-state index contributed by atoms with van der Waals surface area (Å²) >= 11 is 5.82. The molecule has 0 bridgehead atoms. The molecule has 1 fully saturated rings. The lowest BCUT2D eigenvalue weighted by Gasteiger charge is -2.13. The summed E-state index contributed by atoms with van der Waals surface area (Å²) in [4.78, 5) is 10.9. The second-order valence-electron chi connectivity index (χ2n) is 5.11. The first kappa shape index (κ1) is 16.1. The van der Waals surface area contributed by atoms with Crippen molar-refractivity contribution in [3.63, 3.8) is 0 Å². The Balaban J connectivity index is 2.39. The van der Waals surface area contributed by atoms with Crippen LogP contribution in [0.25, 0.3) is 0 Å². The zero-order valence-electron chi connectivity index (χ0n) is 11.6. The molecule has 1 saturated carbocycles. The van der Waals surface area contributed by atoms with Gasteiger partial charge < -0.3 is 9.84 Å². The Hall–Kier alpha value is -1.31. The fraction of sp³-hybridized carbons (Fsp3) is 0.462. The normalized spacial score (nSPS) is 21.1. The summed E-state index contributed by atoms with van der Waals surface area (Å²) in [6, 6.07) is 2.34. The standard InChI is InChI=1S/C13H16ClNO5S/c1-7-3-8(7)6-15-21(18,19)11-5-9(14)4-10(13(16)17)12(11)20-2/h4-5,7-8,15H,3,6H2,1-2H3,(H,16,17). The summed E-state index contributed by atoms with van der Waals surface area (Å²) in [6.07, 6.45) is 0.982. The maximum atomic E-state index is 12.3. The van der Waals surface area contributed by atoms with Crippen molar-refractivity contribution in [1.82, 2.24) is 4.72 Å². The zero-order chi connectivity index (χ0) is 15.8. The first-order valence-corrected chi connectivity index (χ1v) is 8.23. The van der Waals surface area contributed by atoms with E-state index in [-0.39, 0.29) is 21.2 Å². The number of carboxylic acid groups (broad SMARTS) is 1. The van der Waals surface area contributed by atoms with Crippen LogP contribution < -0.4 is 9.46 Å². The molecule has 1 aliphatic carbocycles. The number of carboxylic acids is 1. The molecule has 21 heavy (non-hydrogen) atoms. The quantitative estimate of drug-likeness (QED) is 0.830. The lowest BCUT2D eigenvalue weighted by molar-refractivity contribution is 0.0693. The minimum absolute atomic E-state index is 0.0216. The van der Waals surface area contributed by atoms with Gasteiger partial charge in [-0.25, -0.2) is 17.9 Å². The SMILES string of the molecule is COc1c(C(=O)O)cc(Cl)cc1S(=O)(=O)NCC1CC1C. The van der Waals surface area contributed by atoms with E-state index in [2.05, 4.69) is 4.72 Å². The van der Waals surface area contributed by atoms with E-state index >= 15 is 0 Å². The van der Waals surface area contributed by atoms with Crippen LogP contribution in [0.4, 0.5) is 0 Å². The van der Waals surface area contributed by atoms with Gasteiger partial charge in [-0.15, -0.1) is 0 Å². The molecule has 0 amide bonds. The van der Waals surface area contributed by atoms with Crippen molar-refractivity contribution in [3.05, 3.63) is 22.7 Å². The summed E-state index contributed by atoms with van der Waals surface area (Å²) in [5.41, 5.74) is -0.287. The Morgan fingerprint density at radius 1 is 1.52 bits per heavy atom. The number of hydrogen-bond donors (Lipinski definition) is 2. The van der Waals surface area contributed by atoms with Crippen LogP contribution in [0.15, 0.2) is 17.0 Å². The summed E-state index contributed by atoms with van der Waals surface area (Å²) in [7, 11) is -2.66. The van der Waals surface area contributed by atoms with Gasteiger partial charge in [-0.3, -0.25) is 0 Å². The summed E-state index contributed by atoms with van der Waals surface area (Å²) in [5.74, 6) is -0.697. The molecular formula is C13H16ClNO5S. The maximum absolute atomic E-state index is 12.3. The van der Waals surface area contributed by atoms with Gasteiger partial charge in [-0.1, -0.05) is 18.5 Å². The molecular weight excluding hydrogens is 318 g/mol. The number of methoxy groups -OCH3 is 1. The van der Waals surface area contributed by atoms with Crippen LogP contribution in [-0.4, -0.2) is 33.1 Å². The molecule has 116 valence electrons. The number of ether oxygens (including phenoxy) is 1. The van der Waals surface area contributed by atoms with E-state index < -0.39 is 16.0 Å². The van der Waals surface area contributed by atoms with Crippen molar-refractivity contribution in [2.45, 2.75) is 18.2 Å². The number of aromatic carboxylic acids is 1. The monoisotopic (exact) mass is 333 g/mol. The van der Waals surface area contributed by atoms with Gasteiger partial charge >= 0.3 is 5.97 Å². The van der Waals surface area contributed by atoms with Gasteiger partial charge in [0.25, 0.3) is 0 Å². The smallest absolute Gasteiger partial charge is 0.339 e. The molecule has 8 heteroatoms. The highest BCUT2D eigenvalue weighted by Gasteiger charge is 2.34. The highest BCUT2D eigenvalue weighted by Crippen LogP contribution is 2.37. The van der Waals surface area contributed by atoms with Crippen LogP contribution in [0.2, 0.25) is 5.02 Å². The molecule has 2 unspecified atom stereocenters. The molecule has 1 aromatic rings. The van der Waals surface area contributed by atoms with Crippen LogP contribution in [0.1, 0.15) is 23.7 Å². The fourth-order valence-corrected chi connectivity index (χ4v) is 3.71. The maximum Gasteiger partial charge on any atom is 0.339 e. The highest BCUT2D eigenvalue weighted by atomic mass is 35.5. The molecule has 0 saturated heterocycles. The Kier molecular flexibility index (Phi) is 4.46. The van der Waals surface area contributed by atoms with Crippen molar-refractivity contribution in [3.8, 4) is 5.75 Å². The van der Waals surface area contributed by atoms with Crippen molar-refractivity contribution in [1.29, 1.82) is 0 Å². The second-order valence-corrected chi connectivity index (χ2v) is 7.29. The average Bonchev–Trinajstić information content (AvgIpc) is 3.11. The molecule has 2 atom stereocenters. The van der Waals surface area contributed by atoms with E-state index in [0.717, 1.165) is 12.5 Å². The van der Waals surface area contributed by atoms with Crippen molar-refractivity contribution >= 4 is 27.6 Å². The molecule has 2 N–H and O–H groups in total. The number of carbonyl (C=O) groups is 1. The Morgan fingerprint density at radius 3 is 2.62 bits per heavy atom. The van der Waals surface area contributed by atoms with Crippen molar-refractivity contribution in [2.24, 2.45) is 11.8 Å². The number of hydrogen-bond acceptors (Lipinski definition) is 4. The van der Waals surface area contributed by atoms with E-state index in [1.807, 2.05) is 6.92 Å². The Bertz CT molecular complexity index is 673. The molecule has 1 aromatic carbocycles. The lowest BCUT2D eigenvalue weighted by atomic mass is 10.2. The van der Waals surface area contributed by atoms with E-state index in [9.17, 15) is 13.2 Å². The van der Waals surface area contributed by atoms with E-state index in [1.165, 1.54) is 13.2 Å². The van der Waals surface area contributed by atoms with Crippen LogP contribution in [0.5, 0.6) is 5.75 Å². The third kappa shape index (κ3) is 3.48. The molecule has 0 aromatic heterocycles. The van der Waals surface area contributed by atoms with Crippen LogP contribution in [-0.2, 0) is 10.0 Å². The summed E-state index contributed by atoms with van der Waals surface area (Å²) < 4.78 is 32.1. The predicted octanol–water partition coefficient (Wildman–Crippen LogP) is 1.98. The number of nitrogens with one attached hydrogen (secondary N) is 1. The first-order chi connectivity index (χ1) is 9.76. The van der Waals surface area contributed by atoms with Gasteiger partial charge in [0.1, 0.15) is 10.5 Å². The van der Waals surface area contributed by atoms with E-state index in [4.69, 9.17) is 21.4 Å². The number of sulfonamides is 1. The lowest BCUT2D eigenvalue weighted by Crippen LogP contribution is -2.27. The minimum atomic E-state index is -3.88. The molecule has 0 radical (unpaired) electrons. The van der Waals surface area contributed by atoms with Crippen LogP contribution in [0.3, 0.4) is 0 Å². The average molecular weight is 334 g/mol. The molecule has 6 nitrogen and oxygen atoms in total. The molecule has 0 spiro atoms. The fourth-order valence-electron chi connectivity index (χ4n) is 2.12. The van der Waals surface area contributed by atoms with Gasteiger partial charge in [0.15, 0.2) is 5.75 Å². The minimum Gasteiger partial charge on any atom is -0.494 e. The number of benzene rings is 1. The molecule has 2 rings (SSSR count). The predicted molar refractivity (Wildman–Crippen MR) is 77.4 cm³/mol. The van der Waals surface area contributed by atoms with Gasteiger partial charge in [-0.05, 0) is 30.4 Å². The van der Waals surface area contributed by atoms with Gasteiger partial charge in [0.05, 0.1) is 7.11 Å². The summed E-state index contributed by atoms with van der Waals surface area (Å²) in [6.45, 7) is 2.36. The van der Waals surface area contributed by atoms with Crippen molar-refractivity contribution in [2.75, 3.05) is 13.7 Å². The second kappa shape index (κ2) is 5.82. The number of rotatable bonds is 6. The largest absolute Gasteiger partial charge is 0.494 e. The zero-order valence-corrected chi connectivity index (χ0v) is 13.2. The van der Waals surface area contributed by atoms with Crippen molar-refractivity contribution < 1.29 is 23.1 Å². The molecule has 1 aliphatic rings. The topological polar surface area (TPSA) is 92.7 Å². The number of halogens is 1. The van der Waals surface area contributed by atoms with Crippen LogP contribution in [0, 0.1) is 11.8 Å². The van der Waals surface area contributed by atoms with E-state index in [1.54, 1.807) is 0 Å².